The topological polar surface area (TPSA) is 12.5 Å². The molecule has 1 aromatic carbocycles. The van der Waals surface area contributed by atoms with Crippen LogP contribution in [0.1, 0.15) is 5.56 Å². The summed E-state index contributed by atoms with van der Waals surface area (Å²) >= 11 is 0. The molecular formula is C16H25N2O+. The van der Waals surface area contributed by atoms with Crippen LogP contribution in [0.2, 0.25) is 0 Å². The van der Waals surface area contributed by atoms with Crippen LogP contribution < -0.4 is 0 Å². The summed E-state index contributed by atoms with van der Waals surface area (Å²) in [4.78, 5) is 2.63. The molecule has 0 atom stereocenters. The summed E-state index contributed by atoms with van der Waals surface area (Å²) in [5.41, 5.74) is 1.46. The maximum absolute atomic E-state index is 5.50. The molecule has 0 N–H and O–H groups in total. The van der Waals surface area contributed by atoms with Gasteiger partial charge in [0.15, 0.2) is 0 Å². The lowest BCUT2D eigenvalue weighted by Gasteiger charge is -2.46. The Bertz CT molecular complexity index is 377. The third-order valence-electron chi connectivity index (χ3n) is 4.76. The molecule has 3 rings (SSSR count). The van der Waals surface area contributed by atoms with Crippen LogP contribution in [0.3, 0.4) is 0 Å². The number of rotatable bonds is 3. The van der Waals surface area contributed by atoms with Crippen molar-refractivity contribution in [2.75, 3.05) is 59.0 Å². The molecular weight excluding hydrogens is 236 g/mol. The van der Waals surface area contributed by atoms with E-state index < -0.39 is 0 Å². The molecule has 0 aromatic heterocycles. The molecule has 2 fully saturated rings. The molecule has 0 amide bonds. The minimum Gasteiger partial charge on any atom is -0.370 e. The van der Waals surface area contributed by atoms with E-state index in [1.165, 1.54) is 62.3 Å². The van der Waals surface area contributed by atoms with Crippen LogP contribution in [0.4, 0.5) is 0 Å². The molecule has 2 heterocycles. The highest BCUT2D eigenvalue weighted by Gasteiger charge is 2.34. The molecule has 0 aliphatic carbocycles. The Balaban J connectivity index is 1.45. The molecule has 2 aliphatic heterocycles. The molecule has 3 heteroatoms. The fraction of sp³-hybridized carbons (Fsp3) is 0.625. The van der Waals surface area contributed by atoms with E-state index in [0.29, 0.717) is 0 Å². The van der Waals surface area contributed by atoms with Crippen LogP contribution in [0.5, 0.6) is 0 Å². The summed E-state index contributed by atoms with van der Waals surface area (Å²) < 4.78 is 6.81. The second kappa shape index (κ2) is 6.04. The molecule has 0 bridgehead atoms. The van der Waals surface area contributed by atoms with Gasteiger partial charge in [-0.2, -0.15) is 0 Å². The monoisotopic (exact) mass is 261 g/mol. The van der Waals surface area contributed by atoms with Crippen molar-refractivity contribution in [3.63, 3.8) is 0 Å². The van der Waals surface area contributed by atoms with Crippen molar-refractivity contribution in [2.24, 2.45) is 0 Å². The molecule has 104 valence electrons. The number of hydrogen-bond donors (Lipinski definition) is 0. The predicted octanol–water partition coefficient (Wildman–Crippen LogP) is 1.39. The minimum atomic E-state index is 0.962. The molecule has 2 aliphatic rings. The summed E-state index contributed by atoms with van der Waals surface area (Å²) in [6, 6.07) is 10.8. The van der Waals surface area contributed by atoms with Crippen molar-refractivity contribution < 1.29 is 9.22 Å². The van der Waals surface area contributed by atoms with E-state index in [2.05, 4.69) is 35.2 Å². The number of ether oxygens (including phenoxy) is 1. The van der Waals surface area contributed by atoms with E-state index in [1.807, 2.05) is 0 Å². The van der Waals surface area contributed by atoms with Gasteiger partial charge in [0.05, 0.1) is 26.3 Å². The first-order valence-corrected chi connectivity index (χ1v) is 7.56. The first-order chi connectivity index (χ1) is 9.36. The van der Waals surface area contributed by atoms with E-state index in [4.69, 9.17) is 4.74 Å². The minimum absolute atomic E-state index is 0.962. The lowest BCUT2D eigenvalue weighted by Crippen LogP contribution is -2.63. The number of benzene rings is 1. The van der Waals surface area contributed by atoms with Crippen LogP contribution in [-0.4, -0.2) is 68.4 Å². The third kappa shape index (κ3) is 3.35. The zero-order chi connectivity index (χ0) is 13.0. The highest BCUT2D eigenvalue weighted by atomic mass is 16.5. The van der Waals surface area contributed by atoms with Crippen LogP contribution in [-0.2, 0) is 11.2 Å². The molecule has 1 aromatic rings. The van der Waals surface area contributed by atoms with Gasteiger partial charge in [-0.3, -0.25) is 4.90 Å². The van der Waals surface area contributed by atoms with Gasteiger partial charge in [-0.05, 0) is 12.0 Å². The highest BCUT2D eigenvalue weighted by Crippen LogP contribution is 2.16. The Kier molecular flexibility index (Phi) is 4.16. The highest BCUT2D eigenvalue weighted by molar-refractivity contribution is 5.14. The van der Waals surface area contributed by atoms with Gasteiger partial charge in [0.1, 0.15) is 13.1 Å². The zero-order valence-electron chi connectivity index (χ0n) is 11.8. The van der Waals surface area contributed by atoms with E-state index in [-0.39, 0.29) is 0 Å². The van der Waals surface area contributed by atoms with E-state index >= 15 is 0 Å². The average molecular weight is 261 g/mol. The first kappa shape index (κ1) is 13.1. The number of hydrogen-bond acceptors (Lipinski definition) is 2. The van der Waals surface area contributed by atoms with Crippen LogP contribution in [0.15, 0.2) is 30.3 Å². The van der Waals surface area contributed by atoms with Crippen LogP contribution >= 0.6 is 0 Å². The molecule has 1 spiro atoms. The first-order valence-electron chi connectivity index (χ1n) is 7.56. The number of nitrogens with zero attached hydrogens (tertiary/aromatic N) is 2. The fourth-order valence-electron chi connectivity index (χ4n) is 3.26. The van der Waals surface area contributed by atoms with Crippen molar-refractivity contribution in [3.8, 4) is 0 Å². The number of piperazine rings is 1. The van der Waals surface area contributed by atoms with Gasteiger partial charge in [0.2, 0.25) is 0 Å². The quantitative estimate of drug-likeness (QED) is 0.763. The SMILES string of the molecule is c1ccc(CCN2CC[N+]3(CCOCC3)CC2)cc1. The van der Waals surface area contributed by atoms with Gasteiger partial charge in [-0.15, -0.1) is 0 Å². The molecule has 0 unspecified atom stereocenters. The number of quaternary nitrogens is 1. The second-order valence-corrected chi connectivity index (χ2v) is 5.93. The number of morpholine rings is 1. The summed E-state index contributed by atoms with van der Waals surface area (Å²) in [6.07, 6.45) is 1.18. The largest absolute Gasteiger partial charge is 0.370 e. The molecule has 0 radical (unpaired) electrons. The standard InChI is InChI=1S/C16H25N2O/c1-2-4-16(5-3-1)6-7-17-8-10-18(11-9-17)12-14-19-15-13-18/h1-5H,6-15H2/q+1. The van der Waals surface area contributed by atoms with Crippen molar-refractivity contribution in [2.45, 2.75) is 6.42 Å². The Morgan fingerprint density at radius 1 is 0.947 bits per heavy atom. The maximum Gasteiger partial charge on any atom is 0.103 e. The second-order valence-electron chi connectivity index (χ2n) is 5.93. The van der Waals surface area contributed by atoms with Crippen LogP contribution in [0, 0.1) is 0 Å². The van der Waals surface area contributed by atoms with Crippen molar-refractivity contribution in [3.05, 3.63) is 35.9 Å². The molecule has 0 saturated carbocycles. The van der Waals surface area contributed by atoms with Gasteiger partial charge in [-0.25, -0.2) is 0 Å². The van der Waals surface area contributed by atoms with Crippen molar-refractivity contribution >= 4 is 0 Å². The summed E-state index contributed by atoms with van der Waals surface area (Å²) in [5.74, 6) is 0. The average Bonchev–Trinajstić information content (AvgIpc) is 2.49. The Labute approximate surface area is 116 Å². The Hall–Kier alpha value is -0.900. The third-order valence-corrected chi connectivity index (χ3v) is 4.76. The maximum atomic E-state index is 5.50. The zero-order valence-corrected chi connectivity index (χ0v) is 11.8. The van der Waals surface area contributed by atoms with Gasteiger partial charge in [-0.1, -0.05) is 30.3 Å². The smallest absolute Gasteiger partial charge is 0.103 e. The summed E-state index contributed by atoms with van der Waals surface area (Å²) in [7, 11) is 0. The van der Waals surface area contributed by atoms with Gasteiger partial charge in [0, 0.05) is 19.6 Å². The fourth-order valence-corrected chi connectivity index (χ4v) is 3.26. The van der Waals surface area contributed by atoms with E-state index in [0.717, 1.165) is 13.2 Å². The summed E-state index contributed by atoms with van der Waals surface area (Å²) in [6.45, 7) is 10.7. The lowest BCUT2D eigenvalue weighted by atomic mass is 10.1. The molecule has 3 nitrogen and oxygen atoms in total. The van der Waals surface area contributed by atoms with E-state index in [1.54, 1.807) is 0 Å². The van der Waals surface area contributed by atoms with Gasteiger partial charge >= 0.3 is 0 Å². The van der Waals surface area contributed by atoms with Gasteiger partial charge in [0.25, 0.3) is 0 Å². The van der Waals surface area contributed by atoms with Crippen LogP contribution in [0.25, 0.3) is 0 Å². The molecule has 19 heavy (non-hydrogen) atoms. The van der Waals surface area contributed by atoms with Gasteiger partial charge < -0.3 is 9.22 Å². The van der Waals surface area contributed by atoms with Crippen molar-refractivity contribution in [1.29, 1.82) is 0 Å². The summed E-state index contributed by atoms with van der Waals surface area (Å²) in [5, 5.41) is 0. The molecule has 2 saturated heterocycles. The van der Waals surface area contributed by atoms with E-state index in [9.17, 15) is 0 Å². The predicted molar refractivity (Wildman–Crippen MR) is 77.1 cm³/mol. The lowest BCUT2D eigenvalue weighted by molar-refractivity contribution is -0.938. The normalized spacial score (nSPS) is 23.6. The Morgan fingerprint density at radius 3 is 2.32 bits per heavy atom. The Morgan fingerprint density at radius 2 is 1.63 bits per heavy atom. The van der Waals surface area contributed by atoms with Crippen molar-refractivity contribution in [1.82, 2.24) is 4.90 Å².